The molecule has 8 nitrogen and oxygen atoms in total. The van der Waals surface area contributed by atoms with Crippen LogP contribution >= 0.6 is 11.8 Å². The first-order chi connectivity index (χ1) is 14.3. The van der Waals surface area contributed by atoms with Gasteiger partial charge in [-0.25, -0.2) is 20.2 Å². The Hall–Kier alpha value is -3.46. The van der Waals surface area contributed by atoms with Crippen LogP contribution < -0.4 is 5.43 Å². The third-order valence-corrected chi connectivity index (χ3v) is 4.98. The van der Waals surface area contributed by atoms with E-state index in [9.17, 15) is 14.7 Å². The smallest absolute Gasteiger partial charge is 0.335 e. The number of carbonyl (C=O) groups excluding carboxylic acids is 1. The molecule has 0 fully saturated rings. The summed E-state index contributed by atoms with van der Waals surface area (Å²) in [5, 5.41) is 13.7. The number of rotatable bonds is 7. The first-order valence-corrected chi connectivity index (χ1v) is 10.0. The number of amides is 1. The lowest BCUT2D eigenvalue weighted by Crippen LogP contribution is -2.19. The molecule has 0 aliphatic carbocycles. The van der Waals surface area contributed by atoms with Crippen molar-refractivity contribution in [2.24, 2.45) is 5.10 Å². The third kappa shape index (κ3) is 5.32. The number of aromatic carboxylic acids is 1. The van der Waals surface area contributed by atoms with E-state index >= 15 is 0 Å². The number of carboxylic acids is 1. The third-order valence-electron chi connectivity index (χ3n) is 4.13. The normalized spacial score (nSPS) is 11.0. The molecule has 2 aromatic heterocycles. The van der Waals surface area contributed by atoms with E-state index in [1.807, 2.05) is 19.9 Å². The number of nitrogens with one attached hydrogen (secondary N) is 1. The van der Waals surface area contributed by atoms with Crippen molar-refractivity contribution in [3.05, 3.63) is 64.7 Å². The van der Waals surface area contributed by atoms with Crippen molar-refractivity contribution in [1.82, 2.24) is 15.4 Å². The SMILES string of the molecule is Cc1cc(C)nc(SCC(=O)N/N=C\c2ccc(-c3cccc(C(=O)O)c3C)o2)n1. The molecule has 0 saturated heterocycles. The van der Waals surface area contributed by atoms with Crippen molar-refractivity contribution < 1.29 is 19.1 Å². The van der Waals surface area contributed by atoms with Crippen LogP contribution in [-0.2, 0) is 4.79 Å². The van der Waals surface area contributed by atoms with Crippen molar-refractivity contribution >= 4 is 29.9 Å². The Labute approximate surface area is 177 Å². The van der Waals surface area contributed by atoms with E-state index in [0.29, 0.717) is 27.8 Å². The van der Waals surface area contributed by atoms with Gasteiger partial charge in [0.05, 0.1) is 17.5 Å². The van der Waals surface area contributed by atoms with Crippen LogP contribution in [0.2, 0.25) is 0 Å². The maximum atomic E-state index is 12.0. The summed E-state index contributed by atoms with van der Waals surface area (Å²) in [6.07, 6.45) is 1.38. The summed E-state index contributed by atoms with van der Waals surface area (Å²) in [6.45, 7) is 5.48. The molecule has 0 spiro atoms. The summed E-state index contributed by atoms with van der Waals surface area (Å²) in [7, 11) is 0. The summed E-state index contributed by atoms with van der Waals surface area (Å²) in [6, 6.07) is 10.3. The monoisotopic (exact) mass is 424 g/mol. The van der Waals surface area contributed by atoms with Gasteiger partial charge < -0.3 is 9.52 Å². The molecule has 0 atom stereocenters. The molecule has 30 heavy (non-hydrogen) atoms. The van der Waals surface area contributed by atoms with Gasteiger partial charge in [0.2, 0.25) is 0 Å². The van der Waals surface area contributed by atoms with Gasteiger partial charge in [0.25, 0.3) is 5.91 Å². The number of benzene rings is 1. The minimum absolute atomic E-state index is 0.130. The number of aromatic nitrogens is 2. The predicted molar refractivity (Wildman–Crippen MR) is 114 cm³/mol. The van der Waals surface area contributed by atoms with Gasteiger partial charge in [-0.3, -0.25) is 4.79 Å². The second kappa shape index (κ2) is 9.36. The highest BCUT2D eigenvalue weighted by molar-refractivity contribution is 7.99. The van der Waals surface area contributed by atoms with Gasteiger partial charge in [-0.15, -0.1) is 0 Å². The number of hydrogen-bond acceptors (Lipinski definition) is 7. The lowest BCUT2D eigenvalue weighted by atomic mass is 10.0. The Bertz CT molecular complexity index is 1100. The molecular weight excluding hydrogens is 404 g/mol. The highest BCUT2D eigenvalue weighted by atomic mass is 32.2. The first-order valence-electron chi connectivity index (χ1n) is 9.03. The molecule has 9 heteroatoms. The van der Waals surface area contributed by atoms with Crippen molar-refractivity contribution in [3.63, 3.8) is 0 Å². The van der Waals surface area contributed by atoms with E-state index in [1.54, 1.807) is 37.3 Å². The molecule has 2 N–H and O–H groups in total. The fourth-order valence-corrected chi connectivity index (χ4v) is 3.53. The number of nitrogens with zero attached hydrogens (tertiary/aromatic N) is 3. The standard InChI is InChI=1S/C21H20N4O4S/c1-12-9-13(2)24-21(23-12)30-11-19(26)25-22-10-15-7-8-18(29-15)16-5-4-6-17(14(16)3)20(27)28/h4-10H,11H2,1-3H3,(H,25,26)(H,27,28)/b22-10-. The van der Waals surface area contributed by atoms with Crippen molar-refractivity contribution in [1.29, 1.82) is 0 Å². The first kappa shape index (κ1) is 21.3. The predicted octanol–water partition coefficient (Wildman–Crippen LogP) is 3.60. The molecule has 1 aromatic carbocycles. The van der Waals surface area contributed by atoms with Crippen LogP contribution in [0, 0.1) is 20.8 Å². The van der Waals surface area contributed by atoms with E-state index in [0.717, 1.165) is 11.4 Å². The van der Waals surface area contributed by atoms with Gasteiger partial charge >= 0.3 is 5.97 Å². The van der Waals surface area contributed by atoms with Gasteiger partial charge in [0, 0.05) is 17.0 Å². The van der Waals surface area contributed by atoms with Crippen LogP contribution in [-0.4, -0.2) is 38.9 Å². The van der Waals surface area contributed by atoms with Gasteiger partial charge in [-0.2, -0.15) is 5.10 Å². The Balaban J connectivity index is 1.59. The van der Waals surface area contributed by atoms with E-state index in [-0.39, 0.29) is 17.2 Å². The van der Waals surface area contributed by atoms with Crippen LogP contribution in [0.15, 0.2) is 51.1 Å². The highest BCUT2D eigenvalue weighted by Crippen LogP contribution is 2.27. The molecular formula is C21H20N4O4S. The van der Waals surface area contributed by atoms with Crippen molar-refractivity contribution in [2.75, 3.05) is 5.75 Å². The molecule has 0 aliphatic heterocycles. The van der Waals surface area contributed by atoms with Crippen molar-refractivity contribution in [3.8, 4) is 11.3 Å². The Kier molecular flexibility index (Phi) is 6.63. The summed E-state index contributed by atoms with van der Waals surface area (Å²) >= 11 is 1.23. The summed E-state index contributed by atoms with van der Waals surface area (Å²) in [4.78, 5) is 31.8. The number of hydrogen-bond donors (Lipinski definition) is 2. The summed E-state index contributed by atoms with van der Waals surface area (Å²) in [5.41, 5.74) is 5.64. The molecule has 3 rings (SSSR count). The molecule has 154 valence electrons. The molecule has 1 amide bonds. The molecule has 0 bridgehead atoms. The zero-order valence-corrected chi connectivity index (χ0v) is 17.5. The van der Waals surface area contributed by atoms with Crippen LogP contribution in [0.4, 0.5) is 0 Å². The topological polar surface area (TPSA) is 118 Å². The molecule has 2 heterocycles. The van der Waals surface area contributed by atoms with Crippen LogP contribution in [0.5, 0.6) is 0 Å². The second-order valence-corrected chi connectivity index (χ2v) is 7.44. The lowest BCUT2D eigenvalue weighted by molar-refractivity contribution is -0.118. The molecule has 0 unspecified atom stereocenters. The summed E-state index contributed by atoms with van der Waals surface area (Å²) in [5.74, 6) is -0.211. The average Bonchev–Trinajstić information content (AvgIpc) is 3.14. The molecule has 0 radical (unpaired) electrons. The fraction of sp³-hybridized carbons (Fsp3) is 0.190. The van der Waals surface area contributed by atoms with E-state index in [2.05, 4.69) is 20.5 Å². The van der Waals surface area contributed by atoms with Crippen molar-refractivity contribution in [2.45, 2.75) is 25.9 Å². The minimum atomic E-state index is -0.991. The van der Waals surface area contributed by atoms with Gasteiger partial charge in [0.1, 0.15) is 11.5 Å². The number of aryl methyl sites for hydroxylation is 2. The Morgan fingerprint density at radius 2 is 1.90 bits per heavy atom. The minimum Gasteiger partial charge on any atom is -0.478 e. The van der Waals surface area contributed by atoms with Gasteiger partial charge in [-0.1, -0.05) is 23.9 Å². The van der Waals surface area contributed by atoms with Gasteiger partial charge in [-0.05, 0) is 50.6 Å². The Morgan fingerprint density at radius 3 is 2.60 bits per heavy atom. The maximum Gasteiger partial charge on any atom is 0.335 e. The van der Waals surface area contributed by atoms with Gasteiger partial charge in [0.15, 0.2) is 5.16 Å². The highest BCUT2D eigenvalue weighted by Gasteiger charge is 2.13. The lowest BCUT2D eigenvalue weighted by Gasteiger charge is -2.05. The van der Waals surface area contributed by atoms with Crippen LogP contribution in [0.1, 0.15) is 33.1 Å². The fourth-order valence-electron chi connectivity index (χ4n) is 2.79. The van der Waals surface area contributed by atoms with Crippen LogP contribution in [0.3, 0.4) is 0 Å². The quantitative estimate of drug-likeness (QED) is 0.257. The second-order valence-electron chi connectivity index (χ2n) is 6.50. The largest absolute Gasteiger partial charge is 0.478 e. The number of carbonyl (C=O) groups is 2. The Morgan fingerprint density at radius 1 is 1.17 bits per heavy atom. The maximum absolute atomic E-state index is 12.0. The zero-order valence-electron chi connectivity index (χ0n) is 16.7. The summed E-state index contributed by atoms with van der Waals surface area (Å²) < 4.78 is 5.70. The van der Waals surface area contributed by atoms with E-state index in [4.69, 9.17) is 4.42 Å². The molecule has 0 saturated carbocycles. The number of hydrazone groups is 1. The average molecular weight is 424 g/mol. The number of furan rings is 1. The number of thioether (sulfide) groups is 1. The zero-order chi connectivity index (χ0) is 21.7. The number of carboxylic acid groups (broad SMARTS) is 1. The molecule has 3 aromatic rings. The molecule has 0 aliphatic rings. The van der Waals surface area contributed by atoms with E-state index < -0.39 is 5.97 Å². The van der Waals surface area contributed by atoms with Crippen LogP contribution in [0.25, 0.3) is 11.3 Å². The van der Waals surface area contributed by atoms with E-state index in [1.165, 1.54) is 18.0 Å².